The van der Waals surface area contributed by atoms with Crippen molar-refractivity contribution < 1.29 is 33.0 Å². The van der Waals surface area contributed by atoms with Crippen LogP contribution in [0.2, 0.25) is 0 Å². The number of ether oxygens (including phenoxy) is 2. The Labute approximate surface area is 524 Å². The first-order valence-electron chi connectivity index (χ1n) is 30.7. The first-order chi connectivity index (χ1) is 43.0. The smallest absolute Gasteiger partial charge is 0.306 e. The molecule has 0 bridgehead atoms. The van der Waals surface area contributed by atoms with Crippen molar-refractivity contribution in [3.63, 3.8) is 0 Å². The molecule has 0 aliphatic carbocycles. The molecule has 12 heterocycles. The van der Waals surface area contributed by atoms with Crippen molar-refractivity contribution >= 4 is 78.6 Å². The molecule has 6 aromatic heterocycles. The average Bonchev–Trinajstić information content (AvgIpc) is 2.11. The Morgan fingerprint density at radius 1 is 0.663 bits per heavy atom. The summed E-state index contributed by atoms with van der Waals surface area (Å²) in [7, 11) is 3.95. The second-order valence-electron chi connectivity index (χ2n) is 24.6. The number of aryl methyl sites for hydroxylation is 4. The molecule has 6 aliphatic heterocycles. The van der Waals surface area contributed by atoms with Crippen LogP contribution in [-0.4, -0.2) is 144 Å². The maximum Gasteiger partial charge on any atom is 0.306 e. The summed E-state index contributed by atoms with van der Waals surface area (Å²) < 4.78 is 41.5. The Balaban J connectivity index is 0.000000154. The number of carboxylic acid groups (broad SMARTS) is 1. The summed E-state index contributed by atoms with van der Waals surface area (Å²) in [5, 5.41) is 42.9. The summed E-state index contributed by atoms with van der Waals surface area (Å²) in [4.78, 5) is 45.1. The van der Waals surface area contributed by atoms with E-state index in [0.29, 0.717) is 87.6 Å². The highest BCUT2D eigenvalue weighted by atomic mass is 32.1. The molecule has 0 saturated carbocycles. The molecule has 1 amide bonds. The maximum atomic E-state index is 13.6. The van der Waals surface area contributed by atoms with Gasteiger partial charge in [0.25, 0.3) is 0 Å². The number of thiazole rings is 2. The van der Waals surface area contributed by atoms with Gasteiger partial charge in [0, 0.05) is 144 Å². The molecule has 6 aliphatic rings. The number of benzene rings is 2. The number of halogens is 2. The van der Waals surface area contributed by atoms with E-state index in [9.17, 15) is 28.9 Å². The van der Waals surface area contributed by atoms with Gasteiger partial charge in [-0.05, 0) is 138 Å². The van der Waals surface area contributed by atoms with Gasteiger partial charge < -0.3 is 44.4 Å². The molecule has 2 spiro atoms. The van der Waals surface area contributed by atoms with Crippen LogP contribution in [0.25, 0.3) is 33.5 Å². The van der Waals surface area contributed by atoms with E-state index in [4.69, 9.17) is 34.7 Å². The van der Waals surface area contributed by atoms with Crippen LogP contribution < -0.4 is 24.9 Å². The third-order valence-corrected chi connectivity index (χ3v) is 20.7. The Bertz CT molecular complexity index is 4010. The summed E-state index contributed by atoms with van der Waals surface area (Å²) in [6.45, 7) is 18.9. The van der Waals surface area contributed by atoms with Gasteiger partial charge in [-0.3, -0.25) is 9.59 Å². The number of hydrogen-bond donors (Lipinski definition) is 2. The fourth-order valence-corrected chi connectivity index (χ4v) is 15.2. The number of amides is 1. The van der Waals surface area contributed by atoms with Gasteiger partial charge in [0.05, 0.1) is 39.7 Å². The second kappa shape index (κ2) is 25.4. The van der Waals surface area contributed by atoms with Crippen LogP contribution in [0.4, 0.5) is 41.8 Å². The monoisotopic (exact) mass is 1240 g/mol. The number of aromatic nitrogens is 6. The van der Waals surface area contributed by atoms with Crippen LogP contribution in [0.15, 0.2) is 72.8 Å². The third kappa shape index (κ3) is 12.1. The zero-order chi connectivity index (χ0) is 62.3. The van der Waals surface area contributed by atoms with Crippen molar-refractivity contribution in [1.82, 2.24) is 39.4 Å². The minimum Gasteiger partial charge on any atom is -0.481 e. The Morgan fingerprint density at radius 2 is 1.09 bits per heavy atom. The van der Waals surface area contributed by atoms with E-state index >= 15 is 0 Å². The van der Waals surface area contributed by atoms with Crippen LogP contribution in [0.5, 0.6) is 0 Å². The zero-order valence-electron chi connectivity index (χ0n) is 51.2. The molecule has 0 unspecified atom stereocenters. The molecule has 23 heteroatoms. The fraction of sp³-hybridized carbons (Fsp3) is 0.455. The minimum absolute atomic E-state index is 0.113. The van der Waals surface area contributed by atoms with Gasteiger partial charge in [0.1, 0.15) is 44.9 Å². The first-order valence-corrected chi connectivity index (χ1v) is 32.4. The molecule has 6 saturated heterocycles. The normalized spacial score (nSPS) is 17.8. The van der Waals surface area contributed by atoms with Crippen LogP contribution in [-0.2, 0) is 31.9 Å². The van der Waals surface area contributed by atoms with Gasteiger partial charge in [-0.1, -0.05) is 36.5 Å². The average molecular weight is 1250 g/mol. The molecule has 2 aromatic carbocycles. The van der Waals surface area contributed by atoms with Crippen LogP contribution in [0.1, 0.15) is 84.9 Å². The second-order valence-corrected chi connectivity index (χ2v) is 26.5. The van der Waals surface area contributed by atoms with E-state index in [1.54, 1.807) is 24.3 Å². The van der Waals surface area contributed by atoms with Gasteiger partial charge in [0.15, 0.2) is 10.3 Å². The molecule has 2 N–H and O–H groups in total. The number of rotatable bonds is 12. The lowest BCUT2D eigenvalue weighted by Gasteiger charge is -2.49. The molecular weight excluding hydrogens is 1170 g/mol. The summed E-state index contributed by atoms with van der Waals surface area (Å²) >= 11 is 2.66. The Kier molecular flexibility index (Phi) is 17.5. The number of hydrogen-bond acceptors (Lipinski definition) is 17. The lowest BCUT2D eigenvalue weighted by molar-refractivity contribution is -0.149. The van der Waals surface area contributed by atoms with Gasteiger partial charge in [0.2, 0.25) is 5.91 Å². The van der Waals surface area contributed by atoms with E-state index in [1.807, 2.05) is 32.9 Å². The van der Waals surface area contributed by atoms with Crippen LogP contribution in [0, 0.1) is 70.8 Å². The number of carbonyl (C=O) groups excluding carboxylic acids is 1. The van der Waals surface area contributed by atoms with Crippen LogP contribution in [0.3, 0.4) is 0 Å². The molecule has 8 aromatic rings. The minimum atomic E-state index is -0.682. The van der Waals surface area contributed by atoms with Crippen LogP contribution >= 0.6 is 22.7 Å². The maximum absolute atomic E-state index is 13.6. The Morgan fingerprint density at radius 3 is 1.47 bits per heavy atom. The number of carbonyl (C=O) groups is 2. The lowest BCUT2D eigenvalue weighted by atomic mass is 9.78. The topological polar surface area (TPSA) is 209 Å². The summed E-state index contributed by atoms with van der Waals surface area (Å²) in [5.41, 5.74) is 13.6. The van der Waals surface area contributed by atoms with Crippen molar-refractivity contribution in [2.45, 2.75) is 79.1 Å². The SMILES string of the molecule is CCc1nn2c(C)cc(N3CCC4(CN(C(=O)C5CCOCC5)C4)C3)cc2c1N(C)c1nc(-c2ccc(F)cc2)c(C#N)s1.CCc1nn2c(C)cc(N3CCC4(CNC4)C3)cc2c1N(C)c1nc(-c2ccc(F)cc2)c(C#N)s1.O=C(O)C1CCOCC1. The summed E-state index contributed by atoms with van der Waals surface area (Å²) in [6.07, 6.45) is 6.83. The molecule has 464 valence electrons. The molecule has 89 heavy (non-hydrogen) atoms. The largest absolute Gasteiger partial charge is 0.481 e. The van der Waals surface area contributed by atoms with Gasteiger partial charge in [-0.15, -0.1) is 0 Å². The van der Waals surface area contributed by atoms with E-state index in [2.05, 4.69) is 84.1 Å². The van der Waals surface area contributed by atoms with E-state index in [-0.39, 0.29) is 28.9 Å². The number of nitrogens with zero attached hydrogens (tertiary/aromatic N) is 13. The fourth-order valence-electron chi connectivity index (χ4n) is 13.5. The molecule has 0 atom stereocenters. The summed E-state index contributed by atoms with van der Waals surface area (Å²) in [5.74, 6) is -1.06. The zero-order valence-corrected chi connectivity index (χ0v) is 52.8. The summed E-state index contributed by atoms with van der Waals surface area (Å²) in [6, 6.07) is 25.6. The predicted octanol–water partition coefficient (Wildman–Crippen LogP) is 11.0. The van der Waals surface area contributed by atoms with Crippen molar-refractivity contribution in [1.29, 1.82) is 10.5 Å². The number of aliphatic carboxylic acids is 1. The number of nitriles is 2. The first kappa shape index (κ1) is 61.2. The highest BCUT2D eigenvalue weighted by Gasteiger charge is 2.50. The quantitative estimate of drug-likeness (QED) is 0.117. The van der Waals surface area contributed by atoms with E-state index < -0.39 is 5.97 Å². The number of nitrogens with one attached hydrogen (secondary N) is 1. The van der Waals surface area contributed by atoms with Gasteiger partial charge in [-0.25, -0.2) is 27.8 Å². The van der Waals surface area contributed by atoms with Crippen molar-refractivity contribution in [3.05, 3.63) is 117 Å². The number of likely N-dealkylation sites (tertiary alicyclic amines) is 1. The molecule has 14 rings (SSSR count). The molecular formula is C66H74F2N14O5S2. The predicted molar refractivity (Wildman–Crippen MR) is 342 cm³/mol. The third-order valence-electron chi connectivity index (χ3n) is 18.6. The van der Waals surface area contributed by atoms with Gasteiger partial charge >= 0.3 is 5.97 Å². The number of pyridine rings is 2. The molecule has 0 radical (unpaired) electrons. The molecule has 19 nitrogen and oxygen atoms in total. The van der Waals surface area contributed by atoms with Crippen molar-refractivity contribution in [2.24, 2.45) is 22.7 Å². The van der Waals surface area contributed by atoms with Crippen molar-refractivity contribution in [2.75, 3.05) is 112 Å². The number of carboxylic acids is 1. The van der Waals surface area contributed by atoms with E-state index in [1.165, 1.54) is 59.0 Å². The highest BCUT2D eigenvalue weighted by molar-refractivity contribution is 7.17. The number of anilines is 6. The number of fused-ring (bicyclic) bond motifs is 2. The lowest BCUT2D eigenvalue weighted by Crippen LogP contribution is -2.61. The standard InChI is InChI=1S/C33H36FN7O2S.C27H28FN7S.C6H10O3/c1-4-26-30(38(3)32-36-29(28(17-35)44-32)22-5-7-24(34)8-6-22)27-16-25(15-21(2)41(27)37-26)39-12-11-33(18-39)19-40(20-33)31(42)23-9-13-43-14-10-23;1-4-21-25(33(3)26-31-24(23(13-29)36-26)18-5-7-19(28)8-6-18)22-12-20(11-17(2)35(22)32-21)34-10-9-27(16-34)14-30-15-27;7-6(8)5-1-3-9-4-2-5/h5-8,15-16,23H,4,9-14,18-20H2,1-3H3;5-8,11-12,30H,4,9-10,14-16H2,1-3H3;5H,1-4H2,(H,7,8). The highest BCUT2D eigenvalue weighted by Crippen LogP contribution is 2.46. The van der Waals surface area contributed by atoms with Gasteiger partial charge in [-0.2, -0.15) is 20.7 Å². The Hall–Kier alpha value is -8.06. The molecule has 6 fully saturated rings. The van der Waals surface area contributed by atoms with E-state index in [0.717, 1.165) is 141 Å². The van der Waals surface area contributed by atoms with Crippen molar-refractivity contribution in [3.8, 4) is 34.7 Å².